The zero-order valence-corrected chi connectivity index (χ0v) is 17.9. The molecular formula is C22H19N5O4S. The van der Waals surface area contributed by atoms with E-state index in [-0.39, 0.29) is 11.8 Å². The van der Waals surface area contributed by atoms with Gasteiger partial charge in [-0.05, 0) is 24.3 Å². The quantitative estimate of drug-likeness (QED) is 0.481. The van der Waals surface area contributed by atoms with E-state index in [1.165, 1.54) is 23.9 Å². The number of nitrogens with zero attached hydrogens (tertiary/aromatic N) is 3. The number of aromatic amines is 1. The number of benzene rings is 1. The summed E-state index contributed by atoms with van der Waals surface area (Å²) in [6.45, 7) is 0.971. The van der Waals surface area contributed by atoms with Crippen molar-refractivity contribution in [3.8, 4) is 17.0 Å². The molecule has 0 unspecified atom stereocenters. The van der Waals surface area contributed by atoms with Gasteiger partial charge in [-0.2, -0.15) is 5.10 Å². The summed E-state index contributed by atoms with van der Waals surface area (Å²) in [5, 5.41) is 10.4. The summed E-state index contributed by atoms with van der Waals surface area (Å²) in [5.41, 5.74) is 3.29. The van der Waals surface area contributed by atoms with E-state index in [2.05, 4.69) is 20.5 Å². The van der Waals surface area contributed by atoms with Crippen LogP contribution >= 0.6 is 11.3 Å². The molecule has 10 heteroatoms. The van der Waals surface area contributed by atoms with Crippen LogP contribution in [0.2, 0.25) is 0 Å². The number of ether oxygens (including phenoxy) is 1. The average Bonchev–Trinajstić information content (AvgIpc) is 3.58. The summed E-state index contributed by atoms with van der Waals surface area (Å²) < 4.78 is 10.2. The molecule has 4 heterocycles. The van der Waals surface area contributed by atoms with Crippen LogP contribution in [-0.4, -0.2) is 45.6 Å². The highest BCUT2D eigenvalue weighted by Gasteiger charge is 2.26. The smallest absolute Gasteiger partial charge is 0.272 e. The molecule has 162 valence electrons. The van der Waals surface area contributed by atoms with Gasteiger partial charge >= 0.3 is 0 Å². The highest BCUT2D eigenvalue weighted by atomic mass is 32.1. The van der Waals surface area contributed by atoms with Gasteiger partial charge in [0, 0.05) is 23.4 Å². The van der Waals surface area contributed by atoms with Crippen LogP contribution in [-0.2, 0) is 13.0 Å². The van der Waals surface area contributed by atoms with Crippen molar-refractivity contribution in [3.05, 3.63) is 70.8 Å². The first kappa shape index (κ1) is 20.0. The van der Waals surface area contributed by atoms with E-state index in [1.807, 2.05) is 24.3 Å². The summed E-state index contributed by atoms with van der Waals surface area (Å²) in [4.78, 5) is 32.5. The SMILES string of the molecule is COc1cccc(-c2cc(C(=O)N3CCc4nc(NC(=O)c5ccoc5)sc4C3)[nH]n2)c1. The minimum absolute atomic E-state index is 0.130. The van der Waals surface area contributed by atoms with Crippen molar-refractivity contribution in [1.29, 1.82) is 0 Å². The number of rotatable bonds is 5. The van der Waals surface area contributed by atoms with Gasteiger partial charge in [-0.1, -0.05) is 23.5 Å². The summed E-state index contributed by atoms with van der Waals surface area (Å²) in [6, 6.07) is 10.9. The van der Waals surface area contributed by atoms with Gasteiger partial charge in [0.2, 0.25) is 0 Å². The van der Waals surface area contributed by atoms with Crippen LogP contribution in [0, 0.1) is 0 Å². The summed E-state index contributed by atoms with van der Waals surface area (Å²) >= 11 is 1.38. The lowest BCUT2D eigenvalue weighted by molar-refractivity contribution is 0.0730. The van der Waals surface area contributed by atoms with Crippen LogP contribution in [0.25, 0.3) is 11.3 Å². The summed E-state index contributed by atoms with van der Waals surface area (Å²) in [7, 11) is 1.61. The van der Waals surface area contributed by atoms with E-state index >= 15 is 0 Å². The number of carbonyl (C=O) groups is 2. The van der Waals surface area contributed by atoms with Crippen molar-refractivity contribution < 1.29 is 18.7 Å². The zero-order valence-electron chi connectivity index (χ0n) is 17.1. The third kappa shape index (κ3) is 3.87. The number of thiazole rings is 1. The first-order chi connectivity index (χ1) is 15.6. The first-order valence-corrected chi connectivity index (χ1v) is 10.7. The lowest BCUT2D eigenvalue weighted by Gasteiger charge is -2.25. The van der Waals surface area contributed by atoms with Crippen molar-refractivity contribution >= 4 is 28.3 Å². The first-order valence-electron chi connectivity index (χ1n) is 9.92. The van der Waals surface area contributed by atoms with Gasteiger partial charge in [-0.3, -0.25) is 20.0 Å². The van der Waals surface area contributed by atoms with Crippen LogP contribution in [0.4, 0.5) is 5.13 Å². The number of H-pyrrole nitrogens is 1. The number of hydrogen-bond acceptors (Lipinski definition) is 7. The predicted octanol–water partition coefficient (Wildman–Crippen LogP) is 3.59. The molecule has 0 radical (unpaired) electrons. The fraction of sp³-hybridized carbons (Fsp3) is 0.182. The molecule has 4 aromatic rings. The Bertz CT molecular complexity index is 1280. The van der Waals surface area contributed by atoms with Crippen LogP contribution in [0.3, 0.4) is 0 Å². The third-order valence-electron chi connectivity index (χ3n) is 5.20. The third-order valence-corrected chi connectivity index (χ3v) is 6.19. The van der Waals surface area contributed by atoms with Crippen molar-refractivity contribution in [3.63, 3.8) is 0 Å². The maximum atomic E-state index is 13.1. The number of anilines is 1. The topological polar surface area (TPSA) is 113 Å². The van der Waals surface area contributed by atoms with Gasteiger partial charge in [0.15, 0.2) is 5.13 Å². The van der Waals surface area contributed by atoms with E-state index < -0.39 is 0 Å². The standard InChI is InChI=1S/C22H19N5O4S/c1-30-15-4-2-3-13(9-15)17-10-18(26-25-17)21(29)27-7-5-16-19(11-27)32-22(23-16)24-20(28)14-6-8-31-12-14/h2-4,6,8-10,12H,5,7,11H2,1H3,(H,25,26)(H,23,24,28). The Morgan fingerprint density at radius 1 is 1.28 bits per heavy atom. The molecule has 3 aromatic heterocycles. The van der Waals surface area contributed by atoms with Gasteiger partial charge < -0.3 is 14.1 Å². The van der Waals surface area contributed by atoms with E-state index in [0.29, 0.717) is 41.6 Å². The minimum atomic E-state index is -0.277. The number of methoxy groups -OCH3 is 1. The number of fused-ring (bicyclic) bond motifs is 1. The molecule has 0 saturated carbocycles. The Balaban J connectivity index is 1.28. The van der Waals surface area contributed by atoms with E-state index in [0.717, 1.165) is 21.9 Å². The second-order valence-electron chi connectivity index (χ2n) is 7.23. The van der Waals surface area contributed by atoms with Crippen molar-refractivity contribution in [2.45, 2.75) is 13.0 Å². The maximum absolute atomic E-state index is 13.1. The van der Waals surface area contributed by atoms with Gasteiger partial charge in [0.1, 0.15) is 17.7 Å². The Morgan fingerprint density at radius 3 is 3.00 bits per heavy atom. The van der Waals surface area contributed by atoms with Crippen LogP contribution in [0.15, 0.2) is 53.3 Å². The Labute approximate surface area is 187 Å². The molecule has 1 aliphatic heterocycles. The normalized spacial score (nSPS) is 13.0. The fourth-order valence-electron chi connectivity index (χ4n) is 3.52. The zero-order chi connectivity index (χ0) is 22.1. The molecular weight excluding hydrogens is 430 g/mol. The second-order valence-corrected chi connectivity index (χ2v) is 8.31. The lowest BCUT2D eigenvalue weighted by atomic mass is 10.1. The fourth-order valence-corrected chi connectivity index (χ4v) is 4.54. The predicted molar refractivity (Wildman–Crippen MR) is 118 cm³/mol. The van der Waals surface area contributed by atoms with Crippen LogP contribution in [0.5, 0.6) is 5.75 Å². The monoisotopic (exact) mass is 449 g/mol. The van der Waals surface area contributed by atoms with Gasteiger partial charge in [0.05, 0.1) is 36.9 Å². The van der Waals surface area contributed by atoms with Gasteiger partial charge in [0.25, 0.3) is 11.8 Å². The van der Waals surface area contributed by atoms with E-state index in [1.54, 1.807) is 24.1 Å². The second kappa shape index (κ2) is 8.31. The Hall–Kier alpha value is -3.92. The van der Waals surface area contributed by atoms with Crippen LogP contribution in [0.1, 0.15) is 31.4 Å². The molecule has 32 heavy (non-hydrogen) atoms. The highest BCUT2D eigenvalue weighted by Crippen LogP contribution is 2.30. The molecule has 1 aromatic carbocycles. The Kier molecular flexibility index (Phi) is 5.20. The molecule has 9 nitrogen and oxygen atoms in total. The molecule has 0 saturated heterocycles. The minimum Gasteiger partial charge on any atom is -0.497 e. The lowest BCUT2D eigenvalue weighted by Crippen LogP contribution is -2.35. The number of carbonyl (C=O) groups excluding carboxylic acids is 2. The van der Waals surface area contributed by atoms with E-state index in [4.69, 9.17) is 9.15 Å². The number of amides is 2. The molecule has 0 bridgehead atoms. The molecule has 5 rings (SSSR count). The number of aromatic nitrogens is 3. The number of furan rings is 1. The van der Waals surface area contributed by atoms with Gasteiger partial charge in [-0.25, -0.2) is 4.98 Å². The molecule has 0 fully saturated rings. The number of hydrogen-bond donors (Lipinski definition) is 2. The van der Waals surface area contributed by atoms with Crippen molar-refractivity contribution in [2.75, 3.05) is 19.0 Å². The highest BCUT2D eigenvalue weighted by molar-refractivity contribution is 7.15. The van der Waals surface area contributed by atoms with Gasteiger partial charge in [-0.15, -0.1) is 0 Å². The Morgan fingerprint density at radius 2 is 2.19 bits per heavy atom. The molecule has 2 N–H and O–H groups in total. The summed E-state index contributed by atoms with van der Waals surface area (Å²) in [6.07, 6.45) is 3.45. The average molecular weight is 449 g/mol. The molecule has 0 atom stereocenters. The molecule has 0 spiro atoms. The van der Waals surface area contributed by atoms with E-state index in [9.17, 15) is 9.59 Å². The molecule has 1 aliphatic rings. The maximum Gasteiger partial charge on any atom is 0.272 e. The van der Waals surface area contributed by atoms with Crippen molar-refractivity contribution in [1.82, 2.24) is 20.1 Å². The summed E-state index contributed by atoms with van der Waals surface area (Å²) in [5.74, 6) is 0.317. The van der Waals surface area contributed by atoms with Crippen LogP contribution < -0.4 is 10.1 Å². The molecule has 2 amide bonds. The number of nitrogens with one attached hydrogen (secondary N) is 2. The largest absolute Gasteiger partial charge is 0.497 e. The molecule has 0 aliphatic carbocycles. The van der Waals surface area contributed by atoms with Crippen molar-refractivity contribution in [2.24, 2.45) is 0 Å².